The lowest BCUT2D eigenvalue weighted by Crippen LogP contribution is -2.32. The molecule has 1 unspecified atom stereocenters. The van der Waals surface area contributed by atoms with E-state index in [1.807, 2.05) is 25.2 Å². The van der Waals surface area contributed by atoms with E-state index in [4.69, 9.17) is 4.74 Å². The number of rotatable bonds is 5. The van der Waals surface area contributed by atoms with Gasteiger partial charge in [-0.1, -0.05) is 25.2 Å². The number of halogens is 3. The Morgan fingerprint density at radius 1 is 1.30 bits per heavy atom. The largest absolute Gasteiger partial charge is 0.466 e. The van der Waals surface area contributed by atoms with Crippen LogP contribution in [-0.4, -0.2) is 41.0 Å². The number of allylic oxidation sites excluding steroid dienone is 4. The number of hydrazone groups is 1. The molecule has 1 aliphatic heterocycles. The zero-order chi connectivity index (χ0) is 26.6. The molecule has 2 aromatic rings. The van der Waals surface area contributed by atoms with Gasteiger partial charge in [-0.2, -0.15) is 13.2 Å². The van der Waals surface area contributed by atoms with Crippen LogP contribution in [-0.2, 0) is 15.7 Å². The van der Waals surface area contributed by atoms with Crippen LogP contribution in [0.1, 0.15) is 31.5 Å². The molecule has 194 valence electrons. The van der Waals surface area contributed by atoms with Gasteiger partial charge < -0.3 is 10.1 Å². The number of urea groups is 1. The third kappa shape index (κ3) is 6.42. The van der Waals surface area contributed by atoms with Crippen molar-refractivity contribution in [1.29, 1.82) is 0 Å². The number of nitrogens with one attached hydrogen (secondary N) is 3. The molecule has 0 spiro atoms. The number of aromatic nitrogens is 2. The Morgan fingerprint density at radius 2 is 2.11 bits per heavy atom. The third-order valence-electron chi connectivity index (χ3n) is 5.27. The maximum absolute atomic E-state index is 13.3. The molecule has 0 saturated carbocycles. The maximum Gasteiger partial charge on any atom is 0.434 e. The highest BCUT2D eigenvalue weighted by molar-refractivity contribution is 7.13. The van der Waals surface area contributed by atoms with Gasteiger partial charge in [0, 0.05) is 34.8 Å². The van der Waals surface area contributed by atoms with Gasteiger partial charge in [0.05, 0.1) is 0 Å². The zero-order valence-corrected chi connectivity index (χ0v) is 20.7. The fourth-order valence-electron chi connectivity index (χ4n) is 3.59. The SMILES string of the molecule is CCNC(=O)Nc1cc(-c2nc(C(F)(F)F)cs2)c(C2=CC(C3=NNC(=O)CO3)=CC(C)CC=C2)cn1. The number of alkyl halides is 3. The number of pyridine rings is 1. The Bertz CT molecular complexity index is 1330. The highest BCUT2D eigenvalue weighted by Gasteiger charge is 2.34. The summed E-state index contributed by atoms with van der Waals surface area (Å²) in [4.78, 5) is 31.6. The minimum absolute atomic E-state index is 0.109. The van der Waals surface area contributed by atoms with Gasteiger partial charge in [-0.15, -0.1) is 16.4 Å². The molecule has 2 aromatic heterocycles. The Morgan fingerprint density at radius 3 is 2.78 bits per heavy atom. The smallest absolute Gasteiger partial charge is 0.434 e. The van der Waals surface area contributed by atoms with Crippen LogP contribution in [0.4, 0.5) is 23.8 Å². The molecule has 9 nitrogen and oxygen atoms in total. The normalized spacial score (nSPS) is 17.9. The number of amides is 3. The highest BCUT2D eigenvalue weighted by Crippen LogP contribution is 2.38. The van der Waals surface area contributed by atoms with Gasteiger partial charge in [0.15, 0.2) is 12.3 Å². The topological polar surface area (TPSA) is 118 Å². The van der Waals surface area contributed by atoms with Crippen molar-refractivity contribution in [2.24, 2.45) is 11.0 Å². The van der Waals surface area contributed by atoms with Crippen molar-refractivity contribution in [3.63, 3.8) is 0 Å². The number of nitrogens with zero attached hydrogens (tertiary/aromatic N) is 3. The summed E-state index contributed by atoms with van der Waals surface area (Å²) in [6.07, 6.45) is 5.02. The molecule has 0 bridgehead atoms. The number of thiazole rings is 1. The molecule has 3 heterocycles. The second-order valence-corrected chi connectivity index (χ2v) is 9.07. The van der Waals surface area contributed by atoms with E-state index in [0.29, 0.717) is 35.2 Å². The lowest BCUT2D eigenvalue weighted by molar-refractivity contribution is -0.140. The molecule has 0 aromatic carbocycles. The molecule has 3 amide bonds. The van der Waals surface area contributed by atoms with Crippen LogP contribution in [0.5, 0.6) is 0 Å². The Kier molecular flexibility index (Phi) is 7.71. The first kappa shape index (κ1) is 26.1. The Balaban J connectivity index is 1.83. The van der Waals surface area contributed by atoms with Gasteiger partial charge in [0.1, 0.15) is 10.8 Å². The molecule has 0 fully saturated rings. The predicted molar refractivity (Wildman–Crippen MR) is 134 cm³/mol. The van der Waals surface area contributed by atoms with E-state index in [1.165, 1.54) is 12.3 Å². The van der Waals surface area contributed by atoms with E-state index in [-0.39, 0.29) is 35.2 Å². The van der Waals surface area contributed by atoms with Gasteiger partial charge >= 0.3 is 12.2 Å². The number of anilines is 1. The summed E-state index contributed by atoms with van der Waals surface area (Å²) >= 11 is 0.835. The van der Waals surface area contributed by atoms with Crippen molar-refractivity contribution in [2.75, 3.05) is 18.5 Å². The molecule has 0 radical (unpaired) electrons. The molecule has 2 aliphatic rings. The van der Waals surface area contributed by atoms with Crippen molar-refractivity contribution < 1.29 is 27.5 Å². The first-order chi connectivity index (χ1) is 17.6. The average Bonchev–Trinajstić information content (AvgIpc) is 3.33. The minimum atomic E-state index is -4.60. The number of hydrogen-bond donors (Lipinski definition) is 3. The van der Waals surface area contributed by atoms with Crippen molar-refractivity contribution in [3.8, 4) is 10.6 Å². The molecular weight excluding hydrogens is 509 g/mol. The lowest BCUT2D eigenvalue weighted by Gasteiger charge is -2.18. The number of carbonyl (C=O) groups is 2. The maximum atomic E-state index is 13.3. The molecule has 4 rings (SSSR count). The van der Waals surface area contributed by atoms with Crippen LogP contribution >= 0.6 is 11.3 Å². The average molecular weight is 533 g/mol. The van der Waals surface area contributed by atoms with Crippen LogP contribution in [0.15, 0.2) is 52.6 Å². The van der Waals surface area contributed by atoms with Crippen molar-refractivity contribution in [2.45, 2.75) is 26.4 Å². The second-order valence-electron chi connectivity index (χ2n) is 8.21. The summed E-state index contributed by atoms with van der Waals surface area (Å²) in [5.41, 5.74) is 3.42. The molecule has 13 heteroatoms. The quantitative estimate of drug-likeness (QED) is 0.515. The van der Waals surface area contributed by atoms with E-state index in [1.54, 1.807) is 13.0 Å². The summed E-state index contributed by atoms with van der Waals surface area (Å²) in [6.45, 7) is 3.96. The van der Waals surface area contributed by atoms with Crippen LogP contribution in [0.3, 0.4) is 0 Å². The van der Waals surface area contributed by atoms with Gasteiger partial charge in [0.2, 0.25) is 5.90 Å². The van der Waals surface area contributed by atoms with E-state index in [0.717, 1.165) is 16.7 Å². The summed E-state index contributed by atoms with van der Waals surface area (Å²) in [7, 11) is 0. The molecule has 1 atom stereocenters. The van der Waals surface area contributed by atoms with Crippen LogP contribution in [0, 0.1) is 5.92 Å². The lowest BCUT2D eigenvalue weighted by atomic mass is 9.93. The van der Waals surface area contributed by atoms with Gasteiger partial charge in [-0.25, -0.2) is 20.2 Å². The fraction of sp³-hybridized carbons (Fsp3) is 0.292. The molecule has 37 heavy (non-hydrogen) atoms. The van der Waals surface area contributed by atoms with E-state index in [2.05, 4.69) is 31.1 Å². The summed E-state index contributed by atoms with van der Waals surface area (Å²) in [5, 5.41) is 10.2. The molecule has 0 saturated heterocycles. The third-order valence-corrected chi connectivity index (χ3v) is 6.14. The number of ether oxygens (including phenoxy) is 1. The summed E-state index contributed by atoms with van der Waals surface area (Å²) in [6, 6.07) is 0.986. The Labute approximate surface area is 214 Å². The summed E-state index contributed by atoms with van der Waals surface area (Å²) in [5.74, 6) is 0.119. The van der Waals surface area contributed by atoms with Crippen molar-refractivity contribution >= 4 is 40.6 Å². The van der Waals surface area contributed by atoms with Crippen molar-refractivity contribution in [3.05, 3.63) is 58.8 Å². The first-order valence-corrected chi connectivity index (χ1v) is 12.2. The van der Waals surface area contributed by atoms with Gasteiger partial charge in [-0.05, 0) is 37.0 Å². The number of carbonyl (C=O) groups excluding carboxylic acids is 2. The standard InChI is InChI=1S/C24H23F3N6O3S/c1-3-28-23(35)31-19-9-16(22-30-18(12-37-22)24(25,26)27)17(10-29-19)14-6-4-5-13(2)7-15(8-14)21-33-32-20(34)11-36-21/h4,6-10,12-13H,3,5,11H2,1-2H3,(H,32,34)(H2,28,29,31,35). The highest BCUT2D eigenvalue weighted by atomic mass is 32.1. The van der Waals surface area contributed by atoms with E-state index in [9.17, 15) is 22.8 Å². The minimum Gasteiger partial charge on any atom is -0.466 e. The van der Waals surface area contributed by atoms with E-state index < -0.39 is 17.9 Å². The van der Waals surface area contributed by atoms with Crippen LogP contribution < -0.4 is 16.1 Å². The monoisotopic (exact) mass is 532 g/mol. The molecular formula is C24H23F3N6O3S. The van der Waals surface area contributed by atoms with Gasteiger partial charge in [0.25, 0.3) is 5.91 Å². The second kappa shape index (κ2) is 10.9. The van der Waals surface area contributed by atoms with Crippen molar-refractivity contribution in [1.82, 2.24) is 20.7 Å². The van der Waals surface area contributed by atoms with Crippen LogP contribution in [0.2, 0.25) is 0 Å². The zero-order valence-electron chi connectivity index (χ0n) is 19.8. The summed E-state index contributed by atoms with van der Waals surface area (Å²) < 4.78 is 45.4. The fourth-order valence-corrected chi connectivity index (χ4v) is 4.44. The predicted octanol–water partition coefficient (Wildman–Crippen LogP) is 4.73. The Hall–Kier alpha value is -4.00. The first-order valence-electron chi connectivity index (χ1n) is 11.3. The van der Waals surface area contributed by atoms with Gasteiger partial charge in [-0.3, -0.25) is 10.1 Å². The molecule has 1 aliphatic carbocycles. The molecule has 3 N–H and O–H groups in total. The van der Waals surface area contributed by atoms with E-state index >= 15 is 0 Å². The number of hydrogen-bond acceptors (Lipinski definition) is 7. The van der Waals surface area contributed by atoms with Crippen LogP contribution in [0.25, 0.3) is 16.1 Å².